The molecule has 2 aromatic rings. The van der Waals surface area contributed by atoms with Crippen LogP contribution in [-0.2, 0) is 0 Å². The molecule has 2 unspecified atom stereocenters. The highest BCUT2D eigenvalue weighted by Crippen LogP contribution is 2.26. The van der Waals surface area contributed by atoms with Crippen molar-refractivity contribution in [2.24, 2.45) is 5.73 Å². The van der Waals surface area contributed by atoms with Crippen LogP contribution in [0.1, 0.15) is 19.8 Å². The molecule has 1 fully saturated rings. The Kier molecular flexibility index (Phi) is 2.52. The van der Waals surface area contributed by atoms with E-state index < -0.39 is 0 Å². The molecule has 3 rings (SSSR count). The third kappa shape index (κ3) is 1.89. The Labute approximate surface area is 100 Å². The molecule has 2 heterocycles. The summed E-state index contributed by atoms with van der Waals surface area (Å²) in [6.07, 6.45) is 2.00. The van der Waals surface area contributed by atoms with E-state index >= 15 is 0 Å². The second-order valence-electron chi connectivity index (χ2n) is 4.79. The lowest BCUT2D eigenvalue weighted by atomic mass is 10.00. The number of hydrogen-bond acceptors (Lipinski definition) is 4. The first-order chi connectivity index (χ1) is 8.24. The van der Waals surface area contributed by atoms with Gasteiger partial charge in [-0.15, -0.1) is 0 Å². The maximum atomic E-state index is 5.96. The van der Waals surface area contributed by atoms with Crippen molar-refractivity contribution in [3.05, 3.63) is 24.3 Å². The summed E-state index contributed by atoms with van der Waals surface area (Å²) in [6.45, 7) is 3.10. The zero-order valence-electron chi connectivity index (χ0n) is 9.97. The van der Waals surface area contributed by atoms with Crippen LogP contribution in [0.2, 0.25) is 0 Å². The van der Waals surface area contributed by atoms with E-state index in [0.717, 1.165) is 36.5 Å². The van der Waals surface area contributed by atoms with Crippen molar-refractivity contribution in [2.75, 3.05) is 11.4 Å². The fourth-order valence-electron chi connectivity index (χ4n) is 2.48. The van der Waals surface area contributed by atoms with Crippen molar-refractivity contribution in [3.63, 3.8) is 0 Å². The quantitative estimate of drug-likeness (QED) is 0.817. The summed E-state index contributed by atoms with van der Waals surface area (Å²) in [6, 6.07) is 9.30. The average molecular weight is 231 g/mol. The Bertz CT molecular complexity index is 489. The van der Waals surface area contributed by atoms with Gasteiger partial charge in [0.2, 0.25) is 0 Å². The van der Waals surface area contributed by atoms with Crippen LogP contribution >= 0.6 is 0 Å². The maximum absolute atomic E-state index is 5.96. The Balaban J connectivity index is 1.93. The number of hydrogen-bond donors (Lipinski definition) is 1. The molecule has 1 aromatic carbocycles. The smallest absolute Gasteiger partial charge is 0.298 e. The highest BCUT2D eigenvalue weighted by Gasteiger charge is 2.26. The minimum atomic E-state index is 0.311. The molecular weight excluding hydrogens is 214 g/mol. The van der Waals surface area contributed by atoms with Crippen LogP contribution in [0.5, 0.6) is 0 Å². The third-order valence-electron chi connectivity index (χ3n) is 3.45. The van der Waals surface area contributed by atoms with Crippen LogP contribution < -0.4 is 10.6 Å². The second-order valence-corrected chi connectivity index (χ2v) is 4.79. The van der Waals surface area contributed by atoms with Crippen LogP contribution in [-0.4, -0.2) is 23.6 Å². The van der Waals surface area contributed by atoms with Crippen LogP contribution in [0.25, 0.3) is 11.1 Å². The molecule has 0 aliphatic carbocycles. The number of benzene rings is 1. The van der Waals surface area contributed by atoms with Crippen molar-refractivity contribution in [2.45, 2.75) is 31.8 Å². The zero-order chi connectivity index (χ0) is 11.8. The summed E-state index contributed by atoms with van der Waals surface area (Å²) in [5, 5.41) is 0. The molecule has 1 aliphatic heterocycles. The molecule has 0 saturated carbocycles. The largest absolute Gasteiger partial charge is 0.423 e. The molecule has 0 radical (unpaired) electrons. The van der Waals surface area contributed by atoms with Crippen molar-refractivity contribution >= 4 is 17.1 Å². The SMILES string of the molecule is CC1CC(N)CCN1c1nc2ccccc2o1. The summed E-state index contributed by atoms with van der Waals surface area (Å²) < 4.78 is 5.79. The van der Waals surface area contributed by atoms with E-state index in [9.17, 15) is 0 Å². The molecule has 2 atom stereocenters. The lowest BCUT2D eigenvalue weighted by molar-refractivity contribution is 0.403. The van der Waals surface area contributed by atoms with Gasteiger partial charge in [-0.25, -0.2) is 0 Å². The van der Waals surface area contributed by atoms with Gasteiger partial charge in [-0.3, -0.25) is 0 Å². The molecule has 4 nitrogen and oxygen atoms in total. The van der Waals surface area contributed by atoms with Crippen molar-refractivity contribution in [3.8, 4) is 0 Å². The van der Waals surface area contributed by atoms with Gasteiger partial charge in [0, 0.05) is 18.6 Å². The van der Waals surface area contributed by atoms with Gasteiger partial charge in [0.15, 0.2) is 5.58 Å². The monoisotopic (exact) mass is 231 g/mol. The zero-order valence-corrected chi connectivity index (χ0v) is 9.97. The minimum absolute atomic E-state index is 0.311. The number of anilines is 1. The molecule has 0 bridgehead atoms. The third-order valence-corrected chi connectivity index (χ3v) is 3.45. The number of fused-ring (bicyclic) bond motifs is 1. The van der Waals surface area contributed by atoms with Gasteiger partial charge < -0.3 is 15.1 Å². The van der Waals surface area contributed by atoms with E-state index in [2.05, 4.69) is 16.8 Å². The first-order valence-corrected chi connectivity index (χ1v) is 6.12. The fraction of sp³-hybridized carbons (Fsp3) is 0.462. The van der Waals surface area contributed by atoms with E-state index in [0.29, 0.717) is 12.1 Å². The van der Waals surface area contributed by atoms with Gasteiger partial charge in [0.25, 0.3) is 6.01 Å². The van der Waals surface area contributed by atoms with Gasteiger partial charge >= 0.3 is 0 Å². The average Bonchev–Trinajstić information content (AvgIpc) is 2.72. The van der Waals surface area contributed by atoms with Crippen LogP contribution in [0, 0.1) is 0 Å². The number of nitrogens with two attached hydrogens (primary N) is 1. The number of rotatable bonds is 1. The number of aromatic nitrogens is 1. The molecule has 90 valence electrons. The van der Waals surface area contributed by atoms with E-state index in [1.807, 2.05) is 24.3 Å². The van der Waals surface area contributed by atoms with Crippen molar-refractivity contribution in [1.82, 2.24) is 4.98 Å². The summed E-state index contributed by atoms with van der Waals surface area (Å²) in [7, 11) is 0. The van der Waals surface area contributed by atoms with Gasteiger partial charge in [-0.05, 0) is 31.9 Å². The molecule has 0 spiro atoms. The van der Waals surface area contributed by atoms with E-state index in [4.69, 9.17) is 10.2 Å². The first kappa shape index (κ1) is 10.6. The Morgan fingerprint density at radius 2 is 2.24 bits per heavy atom. The number of piperidine rings is 1. The van der Waals surface area contributed by atoms with E-state index in [1.54, 1.807) is 0 Å². The predicted molar refractivity (Wildman–Crippen MR) is 68.0 cm³/mol. The lowest BCUT2D eigenvalue weighted by Crippen LogP contribution is -2.45. The van der Waals surface area contributed by atoms with E-state index in [1.165, 1.54) is 0 Å². The molecule has 2 N–H and O–H groups in total. The highest BCUT2D eigenvalue weighted by molar-refractivity contribution is 5.74. The van der Waals surface area contributed by atoms with Gasteiger partial charge in [-0.2, -0.15) is 4.98 Å². The van der Waals surface area contributed by atoms with Crippen molar-refractivity contribution in [1.29, 1.82) is 0 Å². The van der Waals surface area contributed by atoms with Gasteiger partial charge in [-0.1, -0.05) is 12.1 Å². The lowest BCUT2D eigenvalue weighted by Gasteiger charge is -2.35. The maximum Gasteiger partial charge on any atom is 0.298 e. The van der Waals surface area contributed by atoms with Gasteiger partial charge in [0.1, 0.15) is 5.52 Å². The number of para-hydroxylation sites is 2. The van der Waals surface area contributed by atoms with Crippen LogP contribution in [0.15, 0.2) is 28.7 Å². The minimum Gasteiger partial charge on any atom is -0.423 e. The molecule has 1 saturated heterocycles. The number of oxazole rings is 1. The highest BCUT2D eigenvalue weighted by atomic mass is 16.4. The van der Waals surface area contributed by atoms with Gasteiger partial charge in [0.05, 0.1) is 0 Å². The van der Waals surface area contributed by atoms with Crippen molar-refractivity contribution < 1.29 is 4.42 Å². The summed E-state index contributed by atoms with van der Waals surface area (Å²) in [5.74, 6) is 0. The topological polar surface area (TPSA) is 55.3 Å². The predicted octanol–water partition coefficient (Wildman–Crippen LogP) is 2.14. The Morgan fingerprint density at radius 1 is 1.41 bits per heavy atom. The summed E-state index contributed by atoms with van der Waals surface area (Å²) in [4.78, 5) is 6.74. The molecule has 0 amide bonds. The molecule has 1 aliphatic rings. The van der Waals surface area contributed by atoms with Crippen LogP contribution in [0.4, 0.5) is 6.01 Å². The Hall–Kier alpha value is -1.55. The second kappa shape index (κ2) is 4.04. The van der Waals surface area contributed by atoms with E-state index in [-0.39, 0.29) is 0 Å². The fourth-order valence-corrected chi connectivity index (χ4v) is 2.48. The van der Waals surface area contributed by atoms with Crippen LogP contribution in [0.3, 0.4) is 0 Å². The molecular formula is C13H17N3O. The number of nitrogens with zero attached hydrogens (tertiary/aromatic N) is 2. The summed E-state index contributed by atoms with van der Waals surface area (Å²) >= 11 is 0. The summed E-state index contributed by atoms with van der Waals surface area (Å²) in [5.41, 5.74) is 7.74. The molecule has 1 aromatic heterocycles. The normalized spacial score (nSPS) is 25.4. The standard InChI is InChI=1S/C13H17N3O/c1-9-8-10(14)6-7-16(9)13-15-11-4-2-3-5-12(11)17-13/h2-5,9-10H,6-8,14H2,1H3. The molecule has 4 heteroatoms. The first-order valence-electron chi connectivity index (χ1n) is 6.12. The Morgan fingerprint density at radius 3 is 3.00 bits per heavy atom. The molecule has 17 heavy (non-hydrogen) atoms.